The third-order valence-corrected chi connectivity index (χ3v) is 3.69. The number of rotatable bonds is 3. The lowest BCUT2D eigenvalue weighted by Crippen LogP contribution is -2.38. The fourth-order valence-electron chi connectivity index (χ4n) is 2.34. The lowest BCUT2D eigenvalue weighted by atomic mass is 10.2. The molecule has 100 valence electrons. The van der Waals surface area contributed by atoms with Crippen molar-refractivity contribution in [2.75, 3.05) is 13.2 Å². The molecule has 0 radical (unpaired) electrons. The van der Waals surface area contributed by atoms with Crippen molar-refractivity contribution in [3.8, 4) is 0 Å². The van der Waals surface area contributed by atoms with Gasteiger partial charge in [-0.3, -0.25) is 4.79 Å². The van der Waals surface area contributed by atoms with E-state index in [0.29, 0.717) is 12.2 Å². The molecule has 0 aromatic carbocycles. The standard InChI is InChI=1S/C12H16BrFN2O2/c1-2-15-5-8(13)3-11(15)12(18)16-6-9(14)4-10(16)7-17/h3,5,9-10,17H,2,4,6-7H2,1H3/t9-,10-/m0/s1. The van der Waals surface area contributed by atoms with Crippen molar-refractivity contribution < 1.29 is 14.3 Å². The molecule has 1 aromatic rings. The van der Waals surface area contributed by atoms with Gasteiger partial charge in [0, 0.05) is 23.6 Å². The molecule has 0 saturated carbocycles. The molecule has 1 saturated heterocycles. The minimum absolute atomic E-state index is 0.0660. The summed E-state index contributed by atoms with van der Waals surface area (Å²) in [6, 6.07) is 1.32. The van der Waals surface area contributed by atoms with E-state index in [1.807, 2.05) is 17.7 Å². The van der Waals surface area contributed by atoms with Crippen molar-refractivity contribution >= 4 is 21.8 Å². The number of aliphatic hydroxyl groups excluding tert-OH is 1. The first-order chi connectivity index (χ1) is 8.56. The van der Waals surface area contributed by atoms with Crippen molar-refractivity contribution in [3.63, 3.8) is 0 Å². The second-order valence-corrected chi connectivity index (χ2v) is 5.37. The van der Waals surface area contributed by atoms with E-state index in [9.17, 15) is 14.3 Å². The number of aryl methyl sites for hydroxylation is 1. The molecule has 1 aliphatic heterocycles. The lowest BCUT2D eigenvalue weighted by molar-refractivity contribution is 0.0662. The van der Waals surface area contributed by atoms with E-state index in [-0.39, 0.29) is 25.5 Å². The Labute approximate surface area is 114 Å². The van der Waals surface area contributed by atoms with Crippen LogP contribution in [0.1, 0.15) is 23.8 Å². The smallest absolute Gasteiger partial charge is 0.270 e. The number of aliphatic hydroxyl groups is 1. The summed E-state index contributed by atoms with van der Waals surface area (Å²) in [7, 11) is 0. The maximum Gasteiger partial charge on any atom is 0.270 e. The molecule has 2 rings (SSSR count). The maximum absolute atomic E-state index is 13.4. The lowest BCUT2D eigenvalue weighted by Gasteiger charge is -2.23. The van der Waals surface area contributed by atoms with Crippen molar-refractivity contribution in [1.82, 2.24) is 9.47 Å². The summed E-state index contributed by atoms with van der Waals surface area (Å²) in [5.41, 5.74) is 0.525. The molecule has 1 aromatic heterocycles. The van der Waals surface area contributed by atoms with E-state index < -0.39 is 12.2 Å². The highest BCUT2D eigenvalue weighted by Gasteiger charge is 2.36. The van der Waals surface area contributed by atoms with E-state index in [1.165, 1.54) is 4.90 Å². The Bertz CT molecular complexity index is 449. The summed E-state index contributed by atoms with van der Waals surface area (Å²) in [4.78, 5) is 13.8. The zero-order valence-corrected chi connectivity index (χ0v) is 11.7. The van der Waals surface area contributed by atoms with Gasteiger partial charge in [0.15, 0.2) is 0 Å². The SMILES string of the molecule is CCn1cc(Br)cc1C(=O)N1C[C@@H](F)C[C@H]1CO. The van der Waals surface area contributed by atoms with Gasteiger partial charge in [0.2, 0.25) is 0 Å². The fraction of sp³-hybridized carbons (Fsp3) is 0.583. The highest BCUT2D eigenvalue weighted by molar-refractivity contribution is 9.10. The van der Waals surface area contributed by atoms with Gasteiger partial charge in [0.25, 0.3) is 5.91 Å². The second kappa shape index (κ2) is 5.40. The number of aromatic nitrogens is 1. The Morgan fingerprint density at radius 2 is 2.39 bits per heavy atom. The summed E-state index contributed by atoms with van der Waals surface area (Å²) in [6.07, 6.45) is 1.00. The molecule has 2 heterocycles. The molecule has 0 spiro atoms. The van der Waals surface area contributed by atoms with Gasteiger partial charge in [-0.05, 0) is 28.9 Å². The Morgan fingerprint density at radius 1 is 1.67 bits per heavy atom. The average molecular weight is 319 g/mol. The van der Waals surface area contributed by atoms with Crippen LogP contribution < -0.4 is 0 Å². The number of hydrogen-bond acceptors (Lipinski definition) is 2. The van der Waals surface area contributed by atoms with Gasteiger partial charge < -0.3 is 14.6 Å². The first-order valence-corrected chi connectivity index (χ1v) is 6.77. The summed E-state index contributed by atoms with van der Waals surface area (Å²) in [5.74, 6) is -0.221. The first-order valence-electron chi connectivity index (χ1n) is 5.98. The number of halogens is 2. The van der Waals surface area contributed by atoms with Gasteiger partial charge in [-0.1, -0.05) is 0 Å². The van der Waals surface area contributed by atoms with Crippen LogP contribution in [0.4, 0.5) is 4.39 Å². The topological polar surface area (TPSA) is 45.5 Å². The molecule has 1 N–H and O–H groups in total. The quantitative estimate of drug-likeness (QED) is 0.924. The third kappa shape index (κ3) is 2.44. The van der Waals surface area contributed by atoms with Crippen LogP contribution in [0, 0.1) is 0 Å². The molecule has 1 aliphatic rings. The summed E-state index contributed by atoms with van der Waals surface area (Å²) < 4.78 is 16.0. The van der Waals surface area contributed by atoms with Gasteiger partial charge in [0.05, 0.1) is 19.2 Å². The van der Waals surface area contributed by atoms with E-state index in [0.717, 1.165) is 4.47 Å². The second-order valence-electron chi connectivity index (χ2n) is 4.46. The number of carbonyl (C=O) groups excluding carboxylic acids is 1. The van der Waals surface area contributed by atoms with Gasteiger partial charge in [-0.25, -0.2) is 4.39 Å². The molecule has 2 atom stereocenters. The van der Waals surface area contributed by atoms with Crippen LogP contribution in [0.3, 0.4) is 0 Å². The van der Waals surface area contributed by atoms with E-state index in [4.69, 9.17) is 0 Å². The molecule has 18 heavy (non-hydrogen) atoms. The number of amides is 1. The number of nitrogens with zero attached hydrogens (tertiary/aromatic N) is 2. The number of alkyl halides is 1. The Morgan fingerprint density at radius 3 is 3.00 bits per heavy atom. The molecule has 1 fully saturated rings. The van der Waals surface area contributed by atoms with Crippen LogP contribution in [-0.4, -0.2) is 45.8 Å². The summed E-state index contributed by atoms with van der Waals surface area (Å²) >= 11 is 3.33. The van der Waals surface area contributed by atoms with E-state index >= 15 is 0 Å². The molecule has 1 amide bonds. The van der Waals surface area contributed by atoms with Crippen LogP contribution in [0.15, 0.2) is 16.7 Å². The minimum Gasteiger partial charge on any atom is -0.394 e. The van der Waals surface area contributed by atoms with Crippen LogP contribution in [-0.2, 0) is 6.54 Å². The zero-order valence-electron chi connectivity index (χ0n) is 10.1. The monoisotopic (exact) mass is 318 g/mol. The molecule has 4 nitrogen and oxygen atoms in total. The number of likely N-dealkylation sites (tertiary alicyclic amines) is 1. The Kier molecular flexibility index (Phi) is 4.07. The molecule has 0 bridgehead atoms. The normalized spacial score (nSPS) is 23.7. The molecular weight excluding hydrogens is 303 g/mol. The first kappa shape index (κ1) is 13.5. The largest absolute Gasteiger partial charge is 0.394 e. The molecule has 6 heteroatoms. The molecule has 0 unspecified atom stereocenters. The maximum atomic E-state index is 13.4. The van der Waals surface area contributed by atoms with Crippen molar-refractivity contribution in [1.29, 1.82) is 0 Å². The van der Waals surface area contributed by atoms with Gasteiger partial charge in [-0.15, -0.1) is 0 Å². The van der Waals surface area contributed by atoms with Crippen molar-refractivity contribution in [2.45, 2.75) is 32.1 Å². The highest BCUT2D eigenvalue weighted by atomic mass is 79.9. The predicted molar refractivity (Wildman–Crippen MR) is 69.2 cm³/mol. The Balaban J connectivity index is 2.25. The summed E-state index contributed by atoms with van der Waals surface area (Å²) in [6.45, 7) is 2.48. The van der Waals surface area contributed by atoms with Gasteiger partial charge in [0.1, 0.15) is 11.9 Å². The highest BCUT2D eigenvalue weighted by Crippen LogP contribution is 2.24. The molecule has 0 aliphatic carbocycles. The third-order valence-electron chi connectivity index (χ3n) is 3.26. The van der Waals surface area contributed by atoms with E-state index in [2.05, 4.69) is 15.9 Å². The average Bonchev–Trinajstić information content (AvgIpc) is 2.91. The summed E-state index contributed by atoms with van der Waals surface area (Å²) in [5, 5.41) is 9.21. The zero-order chi connectivity index (χ0) is 13.3. The fourth-order valence-corrected chi connectivity index (χ4v) is 2.81. The van der Waals surface area contributed by atoms with Crippen molar-refractivity contribution in [2.24, 2.45) is 0 Å². The molecular formula is C12H16BrFN2O2. The van der Waals surface area contributed by atoms with Crippen LogP contribution in [0.25, 0.3) is 0 Å². The van der Waals surface area contributed by atoms with Gasteiger partial charge >= 0.3 is 0 Å². The number of carbonyl (C=O) groups is 1. The van der Waals surface area contributed by atoms with Crippen LogP contribution in [0.2, 0.25) is 0 Å². The Hall–Kier alpha value is -0.880. The van der Waals surface area contributed by atoms with Crippen molar-refractivity contribution in [3.05, 3.63) is 22.4 Å². The van der Waals surface area contributed by atoms with E-state index in [1.54, 1.807) is 6.07 Å². The van der Waals surface area contributed by atoms with Gasteiger partial charge in [-0.2, -0.15) is 0 Å². The van der Waals surface area contributed by atoms with Crippen LogP contribution >= 0.6 is 15.9 Å². The number of hydrogen-bond donors (Lipinski definition) is 1. The van der Waals surface area contributed by atoms with Crippen LogP contribution in [0.5, 0.6) is 0 Å². The minimum atomic E-state index is -1.04. The predicted octanol–water partition coefficient (Wildman–Crippen LogP) is 1.82.